The lowest BCUT2D eigenvalue weighted by Crippen LogP contribution is -2.45. The van der Waals surface area contributed by atoms with E-state index in [9.17, 15) is 0 Å². The van der Waals surface area contributed by atoms with Crippen molar-refractivity contribution in [3.8, 4) is 11.3 Å². The molecule has 2 fully saturated rings. The van der Waals surface area contributed by atoms with Gasteiger partial charge in [-0.25, -0.2) is 14.6 Å². The van der Waals surface area contributed by atoms with Gasteiger partial charge in [0, 0.05) is 53.4 Å². The summed E-state index contributed by atoms with van der Waals surface area (Å²) in [4.78, 5) is 11.6. The number of ether oxygens (including phenoxy) is 1. The SMILES string of the molecule is Nc1ncnc2c1c(-c1ccc3c(ccn3Cc3ccccc3Cl)c1)nn2[C@H]1CC[C@H](N2CCOCC2)CC1. The van der Waals surface area contributed by atoms with Gasteiger partial charge in [-0.05, 0) is 55.5 Å². The topological polar surface area (TPSA) is 87.0 Å². The molecule has 1 aliphatic carbocycles. The zero-order valence-electron chi connectivity index (χ0n) is 21.8. The van der Waals surface area contributed by atoms with Crippen molar-refractivity contribution in [3.05, 3.63) is 71.6 Å². The van der Waals surface area contributed by atoms with Gasteiger partial charge in [0.2, 0.25) is 0 Å². The second-order valence-electron chi connectivity index (χ2n) is 10.7. The monoisotopic (exact) mass is 541 g/mol. The molecule has 1 aliphatic heterocycles. The van der Waals surface area contributed by atoms with Crippen LogP contribution in [0.3, 0.4) is 0 Å². The summed E-state index contributed by atoms with van der Waals surface area (Å²) in [6, 6.07) is 17.5. The van der Waals surface area contributed by atoms with Gasteiger partial charge < -0.3 is 15.0 Å². The second-order valence-corrected chi connectivity index (χ2v) is 11.1. The average Bonchev–Trinajstić information content (AvgIpc) is 3.57. The normalized spacial score (nSPS) is 20.6. The quantitative estimate of drug-likeness (QED) is 0.314. The van der Waals surface area contributed by atoms with E-state index in [4.69, 9.17) is 27.2 Å². The summed E-state index contributed by atoms with van der Waals surface area (Å²) in [7, 11) is 0. The fourth-order valence-electron chi connectivity index (χ4n) is 6.36. The predicted octanol–water partition coefficient (Wildman–Crippen LogP) is 5.55. The Kier molecular flexibility index (Phi) is 6.46. The highest BCUT2D eigenvalue weighted by Gasteiger charge is 2.30. The van der Waals surface area contributed by atoms with Gasteiger partial charge >= 0.3 is 0 Å². The van der Waals surface area contributed by atoms with Gasteiger partial charge in [-0.2, -0.15) is 5.10 Å². The van der Waals surface area contributed by atoms with Crippen LogP contribution in [0.25, 0.3) is 33.2 Å². The Morgan fingerprint density at radius 2 is 1.74 bits per heavy atom. The van der Waals surface area contributed by atoms with Crippen molar-refractivity contribution in [1.82, 2.24) is 29.2 Å². The van der Waals surface area contributed by atoms with Crippen molar-refractivity contribution in [1.29, 1.82) is 0 Å². The summed E-state index contributed by atoms with van der Waals surface area (Å²) in [6.45, 7) is 4.48. The van der Waals surface area contributed by atoms with E-state index in [-0.39, 0.29) is 0 Å². The Hall–Kier alpha value is -3.46. The van der Waals surface area contributed by atoms with Crippen molar-refractivity contribution in [2.45, 2.75) is 44.3 Å². The minimum Gasteiger partial charge on any atom is -0.383 e. The molecule has 2 N–H and O–H groups in total. The van der Waals surface area contributed by atoms with Crippen molar-refractivity contribution in [2.75, 3.05) is 32.0 Å². The zero-order chi connectivity index (χ0) is 26.3. The number of halogens is 1. The number of nitrogen functional groups attached to an aromatic ring is 1. The van der Waals surface area contributed by atoms with E-state index in [2.05, 4.69) is 60.6 Å². The van der Waals surface area contributed by atoms with Gasteiger partial charge in [0.15, 0.2) is 5.65 Å². The van der Waals surface area contributed by atoms with Gasteiger partial charge in [0.05, 0.1) is 24.6 Å². The lowest BCUT2D eigenvalue weighted by atomic mass is 9.90. The van der Waals surface area contributed by atoms with E-state index >= 15 is 0 Å². The fourth-order valence-corrected chi connectivity index (χ4v) is 6.55. The Bertz CT molecular complexity index is 1630. The maximum atomic E-state index is 6.43. The molecule has 0 bridgehead atoms. The van der Waals surface area contributed by atoms with E-state index in [1.54, 1.807) is 6.33 Å². The van der Waals surface area contributed by atoms with Crippen molar-refractivity contribution < 1.29 is 4.74 Å². The highest BCUT2D eigenvalue weighted by atomic mass is 35.5. The van der Waals surface area contributed by atoms with Crippen molar-refractivity contribution in [2.24, 2.45) is 0 Å². The first-order chi connectivity index (χ1) is 19.2. The summed E-state index contributed by atoms with van der Waals surface area (Å²) < 4.78 is 9.90. The minimum atomic E-state index is 0.299. The number of nitrogens with two attached hydrogens (primary N) is 1. The van der Waals surface area contributed by atoms with E-state index in [0.717, 1.165) is 95.8 Å². The number of hydrogen-bond donors (Lipinski definition) is 1. The van der Waals surface area contributed by atoms with Gasteiger partial charge in [-0.15, -0.1) is 0 Å². The maximum absolute atomic E-state index is 6.43. The van der Waals surface area contributed by atoms with Crippen LogP contribution in [0.2, 0.25) is 5.02 Å². The molecule has 200 valence electrons. The largest absolute Gasteiger partial charge is 0.383 e. The lowest BCUT2D eigenvalue weighted by Gasteiger charge is -2.38. The van der Waals surface area contributed by atoms with Crippen LogP contribution in [0.1, 0.15) is 37.3 Å². The number of hydrogen-bond acceptors (Lipinski definition) is 6. The average molecular weight is 542 g/mol. The predicted molar refractivity (Wildman–Crippen MR) is 155 cm³/mol. The number of aromatic nitrogens is 5. The van der Waals surface area contributed by atoms with E-state index in [1.807, 2.05) is 18.2 Å². The lowest BCUT2D eigenvalue weighted by molar-refractivity contribution is 0.00520. The zero-order valence-corrected chi connectivity index (χ0v) is 22.6. The summed E-state index contributed by atoms with van der Waals surface area (Å²) in [5.41, 5.74) is 11.4. The van der Waals surface area contributed by atoms with Crippen LogP contribution in [0, 0.1) is 0 Å². The summed E-state index contributed by atoms with van der Waals surface area (Å²) in [5, 5.41) is 7.91. The summed E-state index contributed by atoms with van der Waals surface area (Å²) in [5.74, 6) is 0.472. The van der Waals surface area contributed by atoms with Gasteiger partial charge in [0.1, 0.15) is 17.8 Å². The number of nitrogens with zero attached hydrogens (tertiary/aromatic N) is 6. The van der Waals surface area contributed by atoms with Crippen molar-refractivity contribution in [3.63, 3.8) is 0 Å². The number of rotatable bonds is 5. The van der Waals surface area contributed by atoms with Crippen LogP contribution >= 0.6 is 11.6 Å². The first kappa shape index (κ1) is 24.6. The van der Waals surface area contributed by atoms with Gasteiger partial charge in [-0.3, -0.25) is 4.90 Å². The molecule has 39 heavy (non-hydrogen) atoms. The number of morpholine rings is 1. The molecular weight excluding hydrogens is 510 g/mol. The molecule has 2 aromatic carbocycles. The molecular formula is C30H32ClN7O. The molecule has 0 amide bonds. The fraction of sp³-hybridized carbons (Fsp3) is 0.367. The van der Waals surface area contributed by atoms with Crippen LogP contribution in [0.5, 0.6) is 0 Å². The van der Waals surface area contributed by atoms with E-state index in [1.165, 1.54) is 0 Å². The molecule has 0 unspecified atom stereocenters. The third kappa shape index (κ3) is 4.56. The van der Waals surface area contributed by atoms with Crippen LogP contribution < -0.4 is 5.73 Å². The Morgan fingerprint density at radius 3 is 2.56 bits per heavy atom. The third-order valence-corrected chi connectivity index (χ3v) is 8.80. The number of anilines is 1. The smallest absolute Gasteiger partial charge is 0.164 e. The number of fused-ring (bicyclic) bond motifs is 2. The Balaban J connectivity index is 1.20. The van der Waals surface area contributed by atoms with Gasteiger partial charge in [0.25, 0.3) is 0 Å². The van der Waals surface area contributed by atoms with E-state index < -0.39 is 0 Å². The molecule has 3 aromatic heterocycles. The molecule has 0 radical (unpaired) electrons. The number of benzene rings is 2. The van der Waals surface area contributed by atoms with Crippen LogP contribution in [0.4, 0.5) is 5.82 Å². The maximum Gasteiger partial charge on any atom is 0.164 e. The van der Waals surface area contributed by atoms with Crippen molar-refractivity contribution >= 4 is 39.4 Å². The Labute approximate surface area is 232 Å². The molecule has 0 spiro atoms. The van der Waals surface area contributed by atoms with Crippen LogP contribution in [-0.2, 0) is 11.3 Å². The second kappa shape index (κ2) is 10.3. The minimum absolute atomic E-state index is 0.299. The van der Waals surface area contributed by atoms with E-state index in [0.29, 0.717) is 24.4 Å². The highest BCUT2D eigenvalue weighted by Crippen LogP contribution is 2.38. The molecule has 1 saturated heterocycles. The molecule has 4 heterocycles. The molecule has 8 nitrogen and oxygen atoms in total. The Morgan fingerprint density at radius 1 is 0.949 bits per heavy atom. The molecule has 7 rings (SSSR count). The molecule has 9 heteroatoms. The third-order valence-electron chi connectivity index (χ3n) is 8.44. The summed E-state index contributed by atoms with van der Waals surface area (Å²) in [6.07, 6.45) is 8.13. The van der Waals surface area contributed by atoms with Gasteiger partial charge in [-0.1, -0.05) is 35.9 Å². The summed E-state index contributed by atoms with van der Waals surface area (Å²) >= 11 is 6.43. The molecule has 1 saturated carbocycles. The standard InChI is InChI=1S/C30H32ClN7O/c31-25-4-2-1-3-22(25)18-37-12-11-20-17-21(5-10-26(20)37)28-27-29(32)33-19-34-30(27)38(35-28)24-8-6-23(7-9-24)36-13-15-39-16-14-36/h1-5,10-12,17,19,23-24H,6-9,13-16,18H2,(H2,32,33,34)/t23-,24-. The molecule has 2 aliphatic rings. The molecule has 5 aromatic rings. The van der Waals surface area contributed by atoms with Crippen LogP contribution in [-0.4, -0.2) is 61.6 Å². The first-order valence-corrected chi connectivity index (χ1v) is 14.2. The first-order valence-electron chi connectivity index (χ1n) is 13.8. The highest BCUT2D eigenvalue weighted by molar-refractivity contribution is 6.31. The van der Waals surface area contributed by atoms with Crippen LogP contribution in [0.15, 0.2) is 61.1 Å². The molecule has 0 atom stereocenters.